The van der Waals surface area contributed by atoms with E-state index in [-0.39, 0.29) is 12.3 Å². The smallest absolute Gasteiger partial charge is 0.326 e. The first-order valence-electron chi connectivity index (χ1n) is 13.5. The number of nitrogens with one attached hydrogen (secondary N) is 3. The Labute approximate surface area is 227 Å². The van der Waals surface area contributed by atoms with Crippen LogP contribution in [0.1, 0.15) is 57.6 Å². The van der Waals surface area contributed by atoms with Crippen LogP contribution in [0.3, 0.4) is 0 Å². The molecule has 5 atom stereocenters. The molecular formula is C25H40N8O6. The molecule has 2 aliphatic rings. The minimum Gasteiger partial charge on any atom is -0.480 e. The van der Waals surface area contributed by atoms with Gasteiger partial charge in [-0.25, -0.2) is 9.78 Å². The van der Waals surface area contributed by atoms with Crippen molar-refractivity contribution >= 4 is 29.6 Å². The van der Waals surface area contributed by atoms with E-state index in [2.05, 4.69) is 20.6 Å². The Morgan fingerprint density at radius 3 is 2.41 bits per heavy atom. The lowest BCUT2D eigenvalue weighted by molar-refractivity contribution is -0.152. The van der Waals surface area contributed by atoms with Crippen molar-refractivity contribution in [3.05, 3.63) is 18.2 Å². The van der Waals surface area contributed by atoms with Gasteiger partial charge in [-0.1, -0.05) is 0 Å². The summed E-state index contributed by atoms with van der Waals surface area (Å²) in [5.74, 6) is -2.92. The number of H-pyrrole nitrogens is 1. The van der Waals surface area contributed by atoms with Crippen molar-refractivity contribution in [3.8, 4) is 0 Å². The summed E-state index contributed by atoms with van der Waals surface area (Å²) in [6, 6.07) is -4.47. The number of carboxylic acid groups (broad SMARTS) is 1. The Bertz CT molecular complexity index is 1020. The van der Waals surface area contributed by atoms with Gasteiger partial charge in [0.05, 0.1) is 18.1 Å². The number of likely N-dealkylation sites (tertiary alicyclic amines) is 2. The zero-order chi connectivity index (χ0) is 28.5. The number of hydrogen-bond donors (Lipinski definition) is 6. The predicted molar refractivity (Wildman–Crippen MR) is 140 cm³/mol. The number of carbonyl (C=O) groups excluding carboxylic acids is 4. The molecule has 14 nitrogen and oxygen atoms in total. The van der Waals surface area contributed by atoms with Crippen molar-refractivity contribution in [2.45, 2.75) is 88.5 Å². The van der Waals surface area contributed by atoms with Crippen LogP contribution in [0.2, 0.25) is 0 Å². The summed E-state index contributed by atoms with van der Waals surface area (Å²) in [5, 5.41) is 14.8. The fraction of sp³-hybridized carbons (Fsp3) is 0.680. The summed E-state index contributed by atoms with van der Waals surface area (Å²) in [4.78, 5) is 73.6. The fourth-order valence-electron chi connectivity index (χ4n) is 5.15. The molecule has 39 heavy (non-hydrogen) atoms. The lowest BCUT2D eigenvalue weighted by Crippen LogP contribution is -2.57. The topological polar surface area (TPSA) is 217 Å². The molecule has 8 N–H and O–H groups in total. The number of amides is 4. The van der Waals surface area contributed by atoms with Gasteiger partial charge in [0.15, 0.2) is 0 Å². The van der Waals surface area contributed by atoms with E-state index >= 15 is 0 Å². The Kier molecular flexibility index (Phi) is 10.8. The monoisotopic (exact) mass is 548 g/mol. The SMILES string of the molecule is C[C@H](NC(=O)[C@H](CCCCN)NC(=O)[C@@H](N)Cc1c[nH]cn1)C(=O)N1CCC[C@H]1C(=O)N1CCC[C@H]1C(=O)O. The number of aromatic amines is 1. The van der Waals surface area contributed by atoms with Crippen molar-refractivity contribution in [2.24, 2.45) is 11.5 Å². The summed E-state index contributed by atoms with van der Waals surface area (Å²) in [5.41, 5.74) is 12.2. The minimum absolute atomic E-state index is 0.186. The zero-order valence-electron chi connectivity index (χ0n) is 22.3. The number of nitrogens with zero attached hydrogens (tertiary/aromatic N) is 3. The second kappa shape index (κ2) is 14.0. The number of rotatable bonds is 13. The predicted octanol–water partition coefficient (Wildman–Crippen LogP) is -1.54. The van der Waals surface area contributed by atoms with Gasteiger partial charge < -0.3 is 42.0 Å². The normalized spacial score (nSPS) is 21.3. The molecule has 216 valence electrons. The van der Waals surface area contributed by atoms with Gasteiger partial charge in [0.2, 0.25) is 23.6 Å². The van der Waals surface area contributed by atoms with Gasteiger partial charge in [-0.15, -0.1) is 0 Å². The van der Waals surface area contributed by atoms with Gasteiger partial charge in [0.25, 0.3) is 0 Å². The van der Waals surface area contributed by atoms with Crippen LogP contribution in [0.4, 0.5) is 0 Å². The summed E-state index contributed by atoms with van der Waals surface area (Å²) in [6.07, 6.45) is 6.85. The second-order valence-corrected chi connectivity index (χ2v) is 10.2. The van der Waals surface area contributed by atoms with Crippen LogP contribution >= 0.6 is 0 Å². The summed E-state index contributed by atoms with van der Waals surface area (Å²) >= 11 is 0. The first-order chi connectivity index (χ1) is 18.6. The van der Waals surface area contributed by atoms with Crippen molar-refractivity contribution in [2.75, 3.05) is 19.6 Å². The van der Waals surface area contributed by atoms with Gasteiger partial charge in [-0.05, 0) is 58.4 Å². The van der Waals surface area contributed by atoms with E-state index in [1.165, 1.54) is 23.1 Å². The number of nitrogens with two attached hydrogens (primary N) is 2. The van der Waals surface area contributed by atoms with Crippen LogP contribution in [-0.4, -0.2) is 104 Å². The van der Waals surface area contributed by atoms with E-state index in [1.807, 2.05) is 0 Å². The molecule has 1 aromatic heterocycles. The van der Waals surface area contributed by atoms with Crippen molar-refractivity contribution in [1.82, 2.24) is 30.4 Å². The molecule has 14 heteroatoms. The molecule has 0 radical (unpaired) electrons. The maximum Gasteiger partial charge on any atom is 0.326 e. The summed E-state index contributed by atoms with van der Waals surface area (Å²) in [6.45, 7) is 2.63. The number of carboxylic acids is 1. The highest BCUT2D eigenvalue weighted by molar-refractivity contribution is 5.95. The van der Waals surface area contributed by atoms with Gasteiger partial charge in [0, 0.05) is 25.7 Å². The van der Waals surface area contributed by atoms with E-state index in [9.17, 15) is 29.1 Å². The quantitative estimate of drug-likeness (QED) is 0.157. The largest absolute Gasteiger partial charge is 0.480 e. The van der Waals surface area contributed by atoms with Crippen LogP contribution < -0.4 is 22.1 Å². The highest BCUT2D eigenvalue weighted by Crippen LogP contribution is 2.25. The first kappa shape index (κ1) is 30.0. The van der Waals surface area contributed by atoms with E-state index in [0.29, 0.717) is 70.3 Å². The maximum absolute atomic E-state index is 13.3. The van der Waals surface area contributed by atoms with Crippen LogP contribution in [0.25, 0.3) is 0 Å². The fourth-order valence-corrected chi connectivity index (χ4v) is 5.15. The van der Waals surface area contributed by atoms with Crippen molar-refractivity contribution in [1.29, 1.82) is 0 Å². The summed E-state index contributed by atoms with van der Waals surface area (Å²) < 4.78 is 0. The molecule has 0 aliphatic carbocycles. The lowest BCUT2D eigenvalue weighted by atomic mass is 10.1. The van der Waals surface area contributed by atoms with Gasteiger partial charge >= 0.3 is 5.97 Å². The number of carbonyl (C=O) groups is 5. The second-order valence-electron chi connectivity index (χ2n) is 10.2. The molecule has 0 bridgehead atoms. The number of hydrogen-bond acceptors (Lipinski definition) is 8. The first-order valence-corrected chi connectivity index (χ1v) is 13.5. The van der Waals surface area contributed by atoms with Crippen LogP contribution in [0.5, 0.6) is 0 Å². The van der Waals surface area contributed by atoms with Gasteiger partial charge in [0.1, 0.15) is 24.2 Å². The molecule has 2 fully saturated rings. The van der Waals surface area contributed by atoms with E-state index in [0.717, 1.165) is 0 Å². The average Bonchev–Trinajstić information content (AvgIpc) is 3.69. The van der Waals surface area contributed by atoms with E-state index in [1.54, 1.807) is 6.20 Å². The van der Waals surface area contributed by atoms with Crippen LogP contribution in [0, 0.1) is 0 Å². The number of aliphatic carboxylic acids is 1. The molecule has 1 aromatic rings. The number of aromatic nitrogens is 2. The van der Waals surface area contributed by atoms with Crippen LogP contribution in [0.15, 0.2) is 12.5 Å². The Morgan fingerprint density at radius 2 is 1.77 bits per heavy atom. The number of unbranched alkanes of at least 4 members (excludes halogenated alkanes) is 1. The zero-order valence-corrected chi connectivity index (χ0v) is 22.3. The highest BCUT2D eigenvalue weighted by Gasteiger charge is 2.43. The molecular weight excluding hydrogens is 508 g/mol. The Hall–Kier alpha value is -3.52. The molecule has 0 spiro atoms. The van der Waals surface area contributed by atoms with Crippen molar-refractivity contribution < 1.29 is 29.1 Å². The molecule has 0 saturated carbocycles. The number of imidazole rings is 1. The molecule has 3 rings (SSSR count). The Morgan fingerprint density at radius 1 is 1.08 bits per heavy atom. The molecule has 2 saturated heterocycles. The third-order valence-corrected chi connectivity index (χ3v) is 7.27. The van der Waals surface area contributed by atoms with Crippen molar-refractivity contribution in [3.63, 3.8) is 0 Å². The Balaban J connectivity index is 1.61. The highest BCUT2D eigenvalue weighted by atomic mass is 16.4. The maximum atomic E-state index is 13.3. The average molecular weight is 549 g/mol. The third kappa shape index (κ3) is 7.76. The molecule has 3 heterocycles. The van der Waals surface area contributed by atoms with E-state index in [4.69, 9.17) is 11.5 Å². The van der Waals surface area contributed by atoms with Gasteiger partial charge in [-0.2, -0.15) is 0 Å². The molecule has 4 amide bonds. The minimum atomic E-state index is -1.05. The molecule has 0 aromatic carbocycles. The van der Waals surface area contributed by atoms with Crippen LogP contribution in [-0.2, 0) is 30.4 Å². The van der Waals surface area contributed by atoms with Gasteiger partial charge in [-0.3, -0.25) is 19.2 Å². The molecule has 0 unspecified atom stereocenters. The molecule has 2 aliphatic heterocycles. The van der Waals surface area contributed by atoms with E-state index < -0.39 is 53.9 Å². The summed E-state index contributed by atoms with van der Waals surface area (Å²) in [7, 11) is 0. The standard InChI is InChI=1S/C25H40N8O6/c1-15(23(36)32-10-4-7-19(32)24(37)33-11-5-8-20(33)25(38)39)30-22(35)18(6-2-3-9-26)31-21(34)17(27)12-16-13-28-14-29-16/h13-15,17-20H,2-12,26-27H2,1H3,(H,28,29)(H,30,35)(H,31,34)(H,38,39)/t15-,17-,18-,19-,20-/m0/s1. The third-order valence-electron chi connectivity index (χ3n) is 7.27. The lowest BCUT2D eigenvalue weighted by Gasteiger charge is -2.32.